The van der Waals surface area contributed by atoms with E-state index in [-0.39, 0.29) is 29.1 Å². The molecule has 7 nitrogen and oxygen atoms in total. The number of rotatable bonds is 4. The number of hydrogen-bond donors (Lipinski definition) is 1. The maximum Gasteiger partial charge on any atom is 0.292 e. The summed E-state index contributed by atoms with van der Waals surface area (Å²) in [6.45, 7) is 2.54. The summed E-state index contributed by atoms with van der Waals surface area (Å²) in [7, 11) is 0. The van der Waals surface area contributed by atoms with Crippen LogP contribution in [-0.2, 0) is 9.53 Å². The van der Waals surface area contributed by atoms with Gasteiger partial charge in [0.2, 0.25) is 11.7 Å². The summed E-state index contributed by atoms with van der Waals surface area (Å²) >= 11 is 0. The highest BCUT2D eigenvalue weighted by Gasteiger charge is 2.45. The summed E-state index contributed by atoms with van der Waals surface area (Å²) in [5.41, 5.74) is -0.250. The van der Waals surface area contributed by atoms with Gasteiger partial charge in [-0.1, -0.05) is 5.16 Å². The second kappa shape index (κ2) is 6.20. The van der Waals surface area contributed by atoms with Crippen LogP contribution in [0.2, 0.25) is 0 Å². The molecule has 3 heterocycles. The summed E-state index contributed by atoms with van der Waals surface area (Å²) in [6, 6.07) is 1.58. The molecule has 1 N–H and O–H groups in total. The average Bonchev–Trinajstić information content (AvgIpc) is 3.09. The second-order valence-corrected chi connectivity index (χ2v) is 7.25. The number of amides is 2. The summed E-state index contributed by atoms with van der Waals surface area (Å²) in [6.07, 6.45) is 6.23. The Hall–Kier alpha value is -1.89. The van der Waals surface area contributed by atoms with Gasteiger partial charge in [0.05, 0.1) is 24.3 Å². The van der Waals surface area contributed by atoms with E-state index in [1.165, 1.54) is 19.0 Å². The number of aromatic nitrogens is 1. The van der Waals surface area contributed by atoms with E-state index in [0.29, 0.717) is 25.6 Å². The van der Waals surface area contributed by atoms with Crippen molar-refractivity contribution < 1.29 is 18.8 Å². The number of piperidine rings is 1. The van der Waals surface area contributed by atoms with Gasteiger partial charge in [-0.25, -0.2) is 0 Å². The predicted molar refractivity (Wildman–Crippen MR) is 84.2 cm³/mol. The first-order valence-corrected chi connectivity index (χ1v) is 8.77. The highest BCUT2D eigenvalue weighted by Crippen LogP contribution is 2.39. The van der Waals surface area contributed by atoms with Crippen LogP contribution < -0.4 is 5.32 Å². The van der Waals surface area contributed by atoms with Crippen molar-refractivity contribution in [3.8, 4) is 0 Å². The van der Waals surface area contributed by atoms with Gasteiger partial charge >= 0.3 is 0 Å². The number of hydrogen-bond acceptors (Lipinski definition) is 5. The molecule has 3 fully saturated rings. The lowest BCUT2D eigenvalue weighted by atomic mass is 9.85. The van der Waals surface area contributed by atoms with Crippen LogP contribution in [0.15, 0.2) is 16.8 Å². The van der Waals surface area contributed by atoms with Crippen LogP contribution in [-0.4, -0.2) is 53.7 Å². The lowest BCUT2D eigenvalue weighted by Gasteiger charge is -2.38. The van der Waals surface area contributed by atoms with Crippen LogP contribution >= 0.6 is 0 Å². The van der Waals surface area contributed by atoms with Crippen molar-refractivity contribution in [1.29, 1.82) is 0 Å². The predicted octanol–water partition coefficient (Wildman–Crippen LogP) is 1.21. The molecule has 2 saturated heterocycles. The molecule has 1 spiro atoms. The van der Waals surface area contributed by atoms with Gasteiger partial charge < -0.3 is 19.5 Å². The fraction of sp³-hybridized carbons (Fsp3) is 0.706. The Labute approximate surface area is 140 Å². The third kappa shape index (κ3) is 3.17. The van der Waals surface area contributed by atoms with Crippen molar-refractivity contribution >= 4 is 11.8 Å². The highest BCUT2D eigenvalue weighted by molar-refractivity contribution is 5.91. The second-order valence-electron chi connectivity index (χ2n) is 7.25. The summed E-state index contributed by atoms with van der Waals surface area (Å²) < 4.78 is 11.0. The molecule has 7 heteroatoms. The summed E-state index contributed by atoms with van der Waals surface area (Å²) in [4.78, 5) is 26.3. The van der Waals surface area contributed by atoms with Crippen LogP contribution in [0.5, 0.6) is 0 Å². The molecule has 1 aromatic heterocycles. The fourth-order valence-electron chi connectivity index (χ4n) is 3.67. The Morgan fingerprint density at radius 1 is 1.33 bits per heavy atom. The molecule has 0 radical (unpaired) electrons. The van der Waals surface area contributed by atoms with Gasteiger partial charge in [-0.2, -0.15) is 0 Å². The van der Waals surface area contributed by atoms with Crippen molar-refractivity contribution in [2.24, 2.45) is 11.8 Å². The molecule has 1 atom stereocenters. The molecule has 130 valence electrons. The largest absolute Gasteiger partial charge is 0.374 e. The summed E-state index contributed by atoms with van der Waals surface area (Å²) in [5, 5.41) is 6.63. The molecular weight excluding hydrogens is 310 g/mol. The van der Waals surface area contributed by atoms with Gasteiger partial charge in [-0.05, 0) is 38.0 Å². The summed E-state index contributed by atoms with van der Waals surface area (Å²) in [5.74, 6) is 0.907. The van der Waals surface area contributed by atoms with Gasteiger partial charge in [-0.15, -0.1) is 0 Å². The van der Waals surface area contributed by atoms with Crippen LogP contribution in [0.1, 0.15) is 42.7 Å². The third-order valence-corrected chi connectivity index (χ3v) is 5.45. The Bertz CT molecular complexity index is 603. The SMILES string of the molecule is O=C(NCC1CC1)[C@@H]1COC2(CCN(C(=O)c3ccno3)CC2)C1. The minimum absolute atomic E-state index is 0.0553. The Kier molecular flexibility index (Phi) is 4.04. The van der Waals surface area contributed by atoms with E-state index in [1.807, 2.05) is 0 Å². The maximum atomic E-state index is 12.3. The van der Waals surface area contributed by atoms with E-state index >= 15 is 0 Å². The van der Waals surface area contributed by atoms with Crippen LogP contribution in [0, 0.1) is 11.8 Å². The normalized spacial score (nSPS) is 25.8. The molecule has 2 aliphatic heterocycles. The molecule has 0 unspecified atom stereocenters. The number of carbonyl (C=O) groups excluding carboxylic acids is 2. The number of likely N-dealkylation sites (tertiary alicyclic amines) is 1. The first-order valence-electron chi connectivity index (χ1n) is 8.77. The number of ether oxygens (including phenoxy) is 1. The monoisotopic (exact) mass is 333 g/mol. The van der Waals surface area contributed by atoms with Crippen LogP contribution in [0.3, 0.4) is 0 Å². The Morgan fingerprint density at radius 2 is 2.12 bits per heavy atom. The first kappa shape index (κ1) is 15.6. The van der Waals surface area contributed by atoms with E-state index < -0.39 is 0 Å². The van der Waals surface area contributed by atoms with Crippen molar-refractivity contribution in [1.82, 2.24) is 15.4 Å². The van der Waals surface area contributed by atoms with Crippen LogP contribution in [0.4, 0.5) is 0 Å². The highest BCUT2D eigenvalue weighted by atomic mass is 16.5. The van der Waals surface area contributed by atoms with Crippen molar-refractivity contribution in [2.45, 2.75) is 37.7 Å². The van der Waals surface area contributed by atoms with Crippen molar-refractivity contribution in [3.63, 3.8) is 0 Å². The minimum atomic E-state index is -0.250. The standard InChI is InChI=1S/C17H23N3O4/c21-15(18-10-12-1-2-12)13-9-17(23-11-13)4-7-20(8-5-17)16(22)14-3-6-19-24-14/h3,6,12-13H,1-2,4-5,7-11H2,(H,18,21)/t13-/m0/s1. The third-order valence-electron chi connectivity index (χ3n) is 5.45. The molecule has 1 saturated carbocycles. The van der Waals surface area contributed by atoms with E-state index in [1.54, 1.807) is 11.0 Å². The van der Waals surface area contributed by atoms with Crippen molar-refractivity contribution in [2.75, 3.05) is 26.2 Å². The lowest BCUT2D eigenvalue weighted by molar-refractivity contribution is -0.125. The van der Waals surface area contributed by atoms with Gasteiger partial charge in [0.25, 0.3) is 5.91 Å². The number of carbonyl (C=O) groups is 2. The Morgan fingerprint density at radius 3 is 2.79 bits per heavy atom. The Balaban J connectivity index is 1.29. The van der Waals surface area contributed by atoms with Crippen LogP contribution in [0.25, 0.3) is 0 Å². The molecule has 1 aromatic rings. The maximum absolute atomic E-state index is 12.3. The zero-order chi connectivity index (χ0) is 16.6. The average molecular weight is 333 g/mol. The van der Waals surface area contributed by atoms with Crippen molar-refractivity contribution in [3.05, 3.63) is 18.0 Å². The van der Waals surface area contributed by atoms with E-state index in [0.717, 1.165) is 25.8 Å². The quantitative estimate of drug-likeness (QED) is 0.895. The molecule has 24 heavy (non-hydrogen) atoms. The van der Waals surface area contributed by atoms with E-state index in [4.69, 9.17) is 9.26 Å². The number of nitrogens with one attached hydrogen (secondary N) is 1. The first-order chi connectivity index (χ1) is 11.7. The lowest BCUT2D eigenvalue weighted by Crippen LogP contribution is -2.46. The molecule has 2 amide bonds. The fourth-order valence-corrected chi connectivity index (χ4v) is 3.67. The van der Waals surface area contributed by atoms with E-state index in [2.05, 4.69) is 10.5 Å². The van der Waals surface area contributed by atoms with Gasteiger partial charge in [0.15, 0.2) is 0 Å². The van der Waals surface area contributed by atoms with E-state index in [9.17, 15) is 9.59 Å². The van der Waals surface area contributed by atoms with Gasteiger partial charge in [0, 0.05) is 25.7 Å². The topological polar surface area (TPSA) is 84.7 Å². The molecule has 4 rings (SSSR count). The molecular formula is C17H23N3O4. The molecule has 0 aromatic carbocycles. The van der Waals surface area contributed by atoms with Gasteiger partial charge in [0.1, 0.15) is 0 Å². The zero-order valence-electron chi connectivity index (χ0n) is 13.7. The molecule has 1 aliphatic carbocycles. The molecule has 0 bridgehead atoms. The molecule has 3 aliphatic rings. The van der Waals surface area contributed by atoms with Gasteiger partial charge in [-0.3, -0.25) is 9.59 Å². The minimum Gasteiger partial charge on any atom is -0.374 e. The number of nitrogens with zero attached hydrogens (tertiary/aromatic N) is 2. The zero-order valence-corrected chi connectivity index (χ0v) is 13.7. The smallest absolute Gasteiger partial charge is 0.292 e.